The molecular weight excluding hydrogens is 282 g/mol. The Labute approximate surface area is 129 Å². The van der Waals surface area contributed by atoms with Gasteiger partial charge in [-0.2, -0.15) is 0 Å². The van der Waals surface area contributed by atoms with E-state index in [0.29, 0.717) is 6.54 Å². The fourth-order valence-corrected chi connectivity index (χ4v) is 2.87. The lowest BCUT2D eigenvalue weighted by molar-refractivity contribution is -0.123. The van der Waals surface area contributed by atoms with Crippen LogP contribution in [0.1, 0.15) is 36.4 Å². The lowest BCUT2D eigenvalue weighted by Gasteiger charge is -2.25. The van der Waals surface area contributed by atoms with Crippen molar-refractivity contribution in [1.82, 2.24) is 15.2 Å². The second-order valence-corrected chi connectivity index (χ2v) is 6.16. The van der Waals surface area contributed by atoms with Crippen molar-refractivity contribution in [3.05, 3.63) is 52.5 Å². The Morgan fingerprint density at radius 3 is 2.81 bits per heavy atom. The minimum Gasteiger partial charge on any atom is -0.348 e. The number of pyridine rings is 1. The molecule has 2 aromatic rings. The molecule has 1 N–H and O–H groups in total. The van der Waals surface area contributed by atoms with Crippen molar-refractivity contribution in [2.24, 2.45) is 0 Å². The summed E-state index contributed by atoms with van der Waals surface area (Å²) >= 11 is 1.66. The van der Waals surface area contributed by atoms with Crippen LogP contribution in [0.15, 0.2) is 42.0 Å². The summed E-state index contributed by atoms with van der Waals surface area (Å²) in [4.78, 5) is 19.4. The van der Waals surface area contributed by atoms with Gasteiger partial charge in [-0.3, -0.25) is 14.7 Å². The highest BCUT2D eigenvalue weighted by Gasteiger charge is 2.16. The van der Waals surface area contributed by atoms with Crippen molar-refractivity contribution in [2.45, 2.75) is 25.9 Å². The van der Waals surface area contributed by atoms with E-state index in [2.05, 4.69) is 17.2 Å². The molecule has 0 fully saturated rings. The molecule has 0 aliphatic carbocycles. The fourth-order valence-electron chi connectivity index (χ4n) is 2.14. The van der Waals surface area contributed by atoms with Crippen LogP contribution in [-0.4, -0.2) is 29.4 Å². The predicted molar refractivity (Wildman–Crippen MR) is 86.2 cm³/mol. The summed E-state index contributed by atoms with van der Waals surface area (Å²) in [6, 6.07) is 8.19. The van der Waals surface area contributed by atoms with E-state index in [0.717, 1.165) is 5.56 Å². The number of aromatic nitrogens is 1. The van der Waals surface area contributed by atoms with Gasteiger partial charge in [0.15, 0.2) is 0 Å². The number of rotatable bonds is 6. The molecule has 0 saturated heterocycles. The number of likely N-dealkylation sites (N-methyl/N-ethyl adjacent to an activating group) is 1. The summed E-state index contributed by atoms with van der Waals surface area (Å²) in [5.41, 5.74) is 1.11. The SMILES string of the molecule is C[C@@H](NC(=O)CN(C)[C@@H](C)c1cccnc1)c1cccs1. The molecule has 0 bridgehead atoms. The maximum atomic E-state index is 12.1. The van der Waals surface area contributed by atoms with Crippen LogP contribution >= 0.6 is 11.3 Å². The van der Waals surface area contributed by atoms with Gasteiger partial charge in [0.25, 0.3) is 0 Å². The Kier molecular flexibility index (Phi) is 5.47. The number of carbonyl (C=O) groups excluding carboxylic acids is 1. The monoisotopic (exact) mass is 303 g/mol. The zero-order chi connectivity index (χ0) is 15.2. The average Bonchev–Trinajstić information content (AvgIpc) is 3.01. The van der Waals surface area contributed by atoms with Crippen LogP contribution in [0.4, 0.5) is 0 Å². The molecule has 0 radical (unpaired) electrons. The summed E-state index contributed by atoms with van der Waals surface area (Å²) < 4.78 is 0. The molecule has 2 aromatic heterocycles. The number of amides is 1. The molecule has 2 heterocycles. The Morgan fingerprint density at radius 2 is 2.19 bits per heavy atom. The zero-order valence-corrected chi connectivity index (χ0v) is 13.4. The van der Waals surface area contributed by atoms with Gasteiger partial charge >= 0.3 is 0 Å². The van der Waals surface area contributed by atoms with E-state index < -0.39 is 0 Å². The van der Waals surface area contributed by atoms with E-state index in [1.54, 1.807) is 17.5 Å². The molecular formula is C16H21N3OS. The van der Waals surface area contributed by atoms with E-state index in [4.69, 9.17) is 0 Å². The van der Waals surface area contributed by atoms with Crippen LogP contribution in [0, 0.1) is 0 Å². The first-order valence-corrected chi connectivity index (χ1v) is 7.89. The number of hydrogen-bond donors (Lipinski definition) is 1. The van der Waals surface area contributed by atoms with Crippen LogP contribution in [0.3, 0.4) is 0 Å². The van der Waals surface area contributed by atoms with Crippen molar-refractivity contribution < 1.29 is 4.79 Å². The molecule has 4 nitrogen and oxygen atoms in total. The number of thiophene rings is 1. The van der Waals surface area contributed by atoms with E-state index in [9.17, 15) is 4.79 Å². The van der Waals surface area contributed by atoms with E-state index >= 15 is 0 Å². The summed E-state index contributed by atoms with van der Waals surface area (Å²) in [5, 5.41) is 5.06. The summed E-state index contributed by atoms with van der Waals surface area (Å²) in [6.45, 7) is 4.45. The molecule has 1 amide bonds. The van der Waals surface area contributed by atoms with Crippen LogP contribution in [0.2, 0.25) is 0 Å². The van der Waals surface area contributed by atoms with Gasteiger partial charge in [-0.15, -0.1) is 11.3 Å². The smallest absolute Gasteiger partial charge is 0.234 e. The standard InChI is InChI=1S/C16H21N3OS/c1-12(15-7-5-9-21-15)18-16(20)11-19(3)13(2)14-6-4-8-17-10-14/h4-10,12-13H,11H2,1-3H3,(H,18,20)/t12-,13+/m1/s1. The van der Waals surface area contributed by atoms with Crippen LogP contribution in [0.25, 0.3) is 0 Å². The van der Waals surface area contributed by atoms with Gasteiger partial charge < -0.3 is 5.32 Å². The lowest BCUT2D eigenvalue weighted by atomic mass is 10.1. The summed E-state index contributed by atoms with van der Waals surface area (Å²) in [6.07, 6.45) is 3.60. The average molecular weight is 303 g/mol. The van der Waals surface area contributed by atoms with Crippen molar-refractivity contribution >= 4 is 17.2 Å². The molecule has 0 saturated carbocycles. The molecule has 0 aliphatic heterocycles. The molecule has 5 heteroatoms. The van der Waals surface area contributed by atoms with Gasteiger partial charge in [0.1, 0.15) is 0 Å². The molecule has 0 spiro atoms. The highest BCUT2D eigenvalue weighted by atomic mass is 32.1. The third-order valence-electron chi connectivity index (χ3n) is 3.57. The first-order chi connectivity index (χ1) is 10.1. The van der Waals surface area contributed by atoms with Crippen molar-refractivity contribution in [3.8, 4) is 0 Å². The highest BCUT2D eigenvalue weighted by molar-refractivity contribution is 7.10. The molecule has 0 unspecified atom stereocenters. The Hall–Kier alpha value is -1.72. The number of nitrogens with one attached hydrogen (secondary N) is 1. The highest BCUT2D eigenvalue weighted by Crippen LogP contribution is 2.19. The van der Waals surface area contributed by atoms with Gasteiger partial charge in [0.2, 0.25) is 5.91 Å². The molecule has 112 valence electrons. The zero-order valence-electron chi connectivity index (χ0n) is 12.6. The van der Waals surface area contributed by atoms with Gasteiger partial charge in [-0.1, -0.05) is 12.1 Å². The molecule has 0 aliphatic rings. The van der Waals surface area contributed by atoms with Gasteiger partial charge in [-0.25, -0.2) is 0 Å². The molecule has 21 heavy (non-hydrogen) atoms. The largest absolute Gasteiger partial charge is 0.348 e. The Morgan fingerprint density at radius 1 is 1.38 bits per heavy atom. The van der Waals surface area contributed by atoms with E-state index in [-0.39, 0.29) is 18.0 Å². The van der Waals surface area contributed by atoms with Crippen LogP contribution in [-0.2, 0) is 4.79 Å². The summed E-state index contributed by atoms with van der Waals surface area (Å²) in [5.74, 6) is 0.0362. The van der Waals surface area contributed by atoms with Crippen molar-refractivity contribution in [2.75, 3.05) is 13.6 Å². The normalized spacial score (nSPS) is 13.9. The van der Waals surface area contributed by atoms with Crippen molar-refractivity contribution in [1.29, 1.82) is 0 Å². The molecule has 0 aromatic carbocycles. The molecule has 2 atom stereocenters. The fraction of sp³-hybridized carbons (Fsp3) is 0.375. The van der Waals surface area contributed by atoms with Crippen LogP contribution in [0.5, 0.6) is 0 Å². The van der Waals surface area contributed by atoms with Gasteiger partial charge in [0, 0.05) is 23.3 Å². The number of hydrogen-bond acceptors (Lipinski definition) is 4. The first kappa shape index (κ1) is 15.7. The minimum atomic E-state index is 0.0362. The topological polar surface area (TPSA) is 45.2 Å². The number of carbonyl (C=O) groups is 1. The quantitative estimate of drug-likeness (QED) is 0.892. The van der Waals surface area contributed by atoms with Gasteiger partial charge in [0.05, 0.1) is 12.6 Å². The molecule has 2 rings (SSSR count). The van der Waals surface area contributed by atoms with E-state index in [1.165, 1.54) is 4.88 Å². The van der Waals surface area contributed by atoms with Crippen molar-refractivity contribution in [3.63, 3.8) is 0 Å². The third kappa shape index (κ3) is 4.37. The second-order valence-electron chi connectivity index (χ2n) is 5.18. The van der Waals surface area contributed by atoms with Gasteiger partial charge in [-0.05, 0) is 44.0 Å². The van der Waals surface area contributed by atoms with E-state index in [1.807, 2.05) is 54.7 Å². The summed E-state index contributed by atoms with van der Waals surface area (Å²) in [7, 11) is 1.95. The maximum Gasteiger partial charge on any atom is 0.234 e. The third-order valence-corrected chi connectivity index (χ3v) is 4.62. The first-order valence-electron chi connectivity index (χ1n) is 7.01. The predicted octanol–water partition coefficient (Wildman–Crippen LogP) is 3.01. The van der Waals surface area contributed by atoms with Crippen LogP contribution < -0.4 is 5.32 Å². The Bertz CT molecular complexity index is 556. The lowest BCUT2D eigenvalue weighted by Crippen LogP contribution is -2.37. The second kappa shape index (κ2) is 7.33. The number of nitrogens with zero attached hydrogens (tertiary/aromatic N) is 2. The minimum absolute atomic E-state index is 0.0362. The Balaban J connectivity index is 1.87. The maximum absolute atomic E-state index is 12.1.